The van der Waals surface area contributed by atoms with Gasteiger partial charge < -0.3 is 15.9 Å². The fourth-order valence-electron chi connectivity index (χ4n) is 1.36. The van der Waals surface area contributed by atoms with Gasteiger partial charge in [-0.25, -0.2) is 0 Å². The van der Waals surface area contributed by atoms with Crippen molar-refractivity contribution >= 4 is 0 Å². The molecule has 2 unspecified atom stereocenters. The monoisotopic (exact) mass is 203 g/mol. The van der Waals surface area contributed by atoms with Gasteiger partial charge in [0.2, 0.25) is 0 Å². The van der Waals surface area contributed by atoms with Crippen LogP contribution in [0.1, 0.15) is 48.5 Å². The average Bonchev–Trinajstić information content (AvgIpc) is 1.81. The summed E-state index contributed by atoms with van der Waals surface area (Å²) in [5.74, 6) is 0. The molecule has 0 spiro atoms. The minimum absolute atomic E-state index is 0.437. The highest BCUT2D eigenvalue weighted by atomic mass is 16.4. The summed E-state index contributed by atoms with van der Waals surface area (Å²) < 4.78 is 0. The van der Waals surface area contributed by atoms with Gasteiger partial charge in [0, 0.05) is 5.54 Å². The van der Waals surface area contributed by atoms with Crippen molar-refractivity contribution in [2.24, 2.45) is 11.1 Å². The van der Waals surface area contributed by atoms with E-state index < -0.39 is 22.2 Å². The Balaban J connectivity index is 5.30. The van der Waals surface area contributed by atoms with Gasteiger partial charge >= 0.3 is 0 Å². The van der Waals surface area contributed by atoms with Gasteiger partial charge in [-0.15, -0.1) is 0 Å². The molecule has 3 nitrogen and oxygen atoms in total. The van der Waals surface area contributed by atoms with Crippen LogP contribution < -0.4 is 5.73 Å². The maximum atomic E-state index is 10.4. The summed E-state index contributed by atoms with van der Waals surface area (Å²) in [5.41, 5.74) is 1.99. The third-order valence-corrected chi connectivity index (χ3v) is 3.66. The zero-order valence-corrected chi connectivity index (χ0v) is 10.5. The summed E-state index contributed by atoms with van der Waals surface area (Å²) in [6, 6.07) is 0. The highest BCUT2D eigenvalue weighted by Crippen LogP contribution is 2.42. The Morgan fingerprint density at radius 1 is 0.714 bits per heavy atom. The number of aliphatic hydroxyl groups is 2. The van der Waals surface area contributed by atoms with Gasteiger partial charge in [-0.1, -0.05) is 20.8 Å². The van der Waals surface area contributed by atoms with Crippen molar-refractivity contribution in [1.29, 1.82) is 0 Å². The van der Waals surface area contributed by atoms with E-state index in [1.54, 1.807) is 27.7 Å². The van der Waals surface area contributed by atoms with E-state index >= 15 is 0 Å². The van der Waals surface area contributed by atoms with Crippen LogP contribution in [0, 0.1) is 5.41 Å². The molecule has 3 heteroatoms. The Morgan fingerprint density at radius 2 is 1.00 bits per heavy atom. The van der Waals surface area contributed by atoms with Crippen molar-refractivity contribution < 1.29 is 10.2 Å². The molecule has 0 aromatic carbocycles. The van der Waals surface area contributed by atoms with Crippen molar-refractivity contribution in [2.45, 2.75) is 65.2 Å². The summed E-state index contributed by atoms with van der Waals surface area (Å²) in [6.45, 7) is 12.3. The summed E-state index contributed by atoms with van der Waals surface area (Å²) in [6.07, 6.45) is 0. The molecule has 0 bridgehead atoms. The highest BCUT2D eigenvalue weighted by Gasteiger charge is 2.55. The van der Waals surface area contributed by atoms with E-state index in [-0.39, 0.29) is 0 Å². The second-order valence-corrected chi connectivity index (χ2v) is 6.12. The van der Waals surface area contributed by atoms with Crippen LogP contribution in [0.15, 0.2) is 0 Å². The van der Waals surface area contributed by atoms with Crippen LogP contribution in [0.4, 0.5) is 0 Å². The number of nitrogens with two attached hydrogens (primary N) is 1. The van der Waals surface area contributed by atoms with Crippen molar-refractivity contribution in [2.75, 3.05) is 0 Å². The molecule has 4 N–H and O–H groups in total. The second-order valence-electron chi connectivity index (χ2n) is 6.12. The predicted molar refractivity (Wildman–Crippen MR) is 59.0 cm³/mol. The van der Waals surface area contributed by atoms with Crippen LogP contribution in [0.25, 0.3) is 0 Å². The Kier molecular flexibility index (Phi) is 3.16. The van der Waals surface area contributed by atoms with Gasteiger partial charge in [0.05, 0.1) is 5.60 Å². The van der Waals surface area contributed by atoms with Crippen molar-refractivity contribution in [3.8, 4) is 0 Å². The first-order valence-corrected chi connectivity index (χ1v) is 4.99. The molecule has 0 rings (SSSR count). The summed E-state index contributed by atoms with van der Waals surface area (Å²) in [4.78, 5) is 0. The van der Waals surface area contributed by atoms with E-state index in [4.69, 9.17) is 5.73 Å². The SMILES string of the molecule is CC(C)(C)C(C)(O)C(C)(O)C(C)(C)N. The maximum Gasteiger partial charge on any atom is 0.108 e. The summed E-state index contributed by atoms with van der Waals surface area (Å²) >= 11 is 0. The average molecular weight is 203 g/mol. The molecule has 0 radical (unpaired) electrons. The summed E-state index contributed by atoms with van der Waals surface area (Å²) in [5, 5.41) is 20.7. The fourth-order valence-corrected chi connectivity index (χ4v) is 1.36. The molecule has 0 aliphatic carbocycles. The van der Waals surface area contributed by atoms with E-state index in [1.165, 1.54) is 0 Å². The van der Waals surface area contributed by atoms with E-state index in [1.807, 2.05) is 20.8 Å². The molecule has 0 aliphatic heterocycles. The first-order chi connectivity index (χ1) is 5.75. The van der Waals surface area contributed by atoms with E-state index in [0.717, 1.165) is 0 Å². The third kappa shape index (κ3) is 1.95. The third-order valence-electron chi connectivity index (χ3n) is 3.66. The standard InChI is InChI=1S/C11H25NO2/c1-8(2,3)10(6,13)11(7,14)9(4,5)12/h13-14H,12H2,1-7H3. The minimum atomic E-state index is -1.35. The summed E-state index contributed by atoms with van der Waals surface area (Å²) in [7, 11) is 0. The van der Waals surface area contributed by atoms with Gasteiger partial charge in [0.25, 0.3) is 0 Å². The lowest BCUT2D eigenvalue weighted by Gasteiger charge is -2.53. The van der Waals surface area contributed by atoms with E-state index in [0.29, 0.717) is 0 Å². The van der Waals surface area contributed by atoms with Gasteiger partial charge in [-0.3, -0.25) is 0 Å². The first kappa shape index (κ1) is 13.9. The predicted octanol–water partition coefficient (Wildman–Crippen LogP) is 1.27. The molecule has 86 valence electrons. The number of rotatable bonds is 2. The van der Waals surface area contributed by atoms with Gasteiger partial charge in [-0.2, -0.15) is 0 Å². The lowest BCUT2D eigenvalue weighted by molar-refractivity contribution is -0.208. The maximum absolute atomic E-state index is 10.4. The van der Waals surface area contributed by atoms with E-state index in [2.05, 4.69) is 0 Å². The fraction of sp³-hybridized carbons (Fsp3) is 1.00. The zero-order valence-electron chi connectivity index (χ0n) is 10.5. The van der Waals surface area contributed by atoms with Gasteiger partial charge in [-0.05, 0) is 33.1 Å². The molecule has 0 saturated heterocycles. The van der Waals surface area contributed by atoms with Crippen LogP contribution in [0.2, 0.25) is 0 Å². The molecule has 0 aliphatic rings. The van der Waals surface area contributed by atoms with Crippen LogP contribution in [-0.2, 0) is 0 Å². The number of hydrogen-bond donors (Lipinski definition) is 3. The molecule has 0 aromatic rings. The van der Waals surface area contributed by atoms with Crippen molar-refractivity contribution in [1.82, 2.24) is 0 Å². The Morgan fingerprint density at radius 3 is 1.07 bits per heavy atom. The molecule has 0 heterocycles. The zero-order chi connectivity index (χ0) is 12.0. The van der Waals surface area contributed by atoms with Crippen LogP contribution >= 0.6 is 0 Å². The Labute approximate surface area is 87.3 Å². The lowest BCUT2D eigenvalue weighted by atomic mass is 9.62. The van der Waals surface area contributed by atoms with Crippen molar-refractivity contribution in [3.05, 3.63) is 0 Å². The molecule has 0 amide bonds. The molecular formula is C11H25NO2. The Bertz CT molecular complexity index is 182. The Hall–Kier alpha value is -0.120. The van der Waals surface area contributed by atoms with Gasteiger partial charge in [0.1, 0.15) is 5.60 Å². The second kappa shape index (κ2) is 3.19. The molecule has 0 fully saturated rings. The van der Waals surface area contributed by atoms with Crippen LogP contribution in [-0.4, -0.2) is 27.0 Å². The smallest absolute Gasteiger partial charge is 0.108 e. The quantitative estimate of drug-likeness (QED) is 0.633. The van der Waals surface area contributed by atoms with Crippen LogP contribution in [0.3, 0.4) is 0 Å². The topological polar surface area (TPSA) is 66.5 Å². The lowest BCUT2D eigenvalue weighted by Crippen LogP contribution is -2.70. The largest absolute Gasteiger partial charge is 0.387 e. The minimum Gasteiger partial charge on any atom is -0.387 e. The number of hydrogen-bond acceptors (Lipinski definition) is 3. The van der Waals surface area contributed by atoms with E-state index in [9.17, 15) is 10.2 Å². The first-order valence-electron chi connectivity index (χ1n) is 4.99. The molecule has 0 saturated carbocycles. The molecular weight excluding hydrogens is 178 g/mol. The highest BCUT2D eigenvalue weighted by molar-refractivity contribution is 5.10. The molecule has 2 atom stereocenters. The van der Waals surface area contributed by atoms with Crippen molar-refractivity contribution in [3.63, 3.8) is 0 Å². The normalized spacial score (nSPS) is 22.7. The molecule has 14 heavy (non-hydrogen) atoms. The van der Waals surface area contributed by atoms with Gasteiger partial charge in [0.15, 0.2) is 0 Å². The van der Waals surface area contributed by atoms with Crippen LogP contribution in [0.5, 0.6) is 0 Å². The molecule has 0 aromatic heterocycles.